The summed E-state index contributed by atoms with van der Waals surface area (Å²) in [6.45, 7) is 7.01. The largest absolute Gasteiger partial charge is 0.493 e. The van der Waals surface area contributed by atoms with Gasteiger partial charge in [0.15, 0.2) is 11.5 Å². The number of ether oxygens (including phenoxy) is 3. The second-order valence-corrected chi connectivity index (χ2v) is 14.8. The summed E-state index contributed by atoms with van der Waals surface area (Å²) in [7, 11) is 3.04. The van der Waals surface area contributed by atoms with Crippen LogP contribution in [0.25, 0.3) is 10.9 Å². The Hall–Kier alpha value is -5.07. The van der Waals surface area contributed by atoms with E-state index in [2.05, 4.69) is 15.6 Å². The molecule has 3 unspecified atom stereocenters. The number of methoxy groups -OCH3 is 1. The molecule has 54 heavy (non-hydrogen) atoms. The summed E-state index contributed by atoms with van der Waals surface area (Å²) >= 11 is 6.19. The van der Waals surface area contributed by atoms with Gasteiger partial charge >= 0.3 is 0 Å². The number of rotatable bonds is 13. The highest BCUT2D eigenvalue weighted by molar-refractivity contribution is 6.31. The van der Waals surface area contributed by atoms with Gasteiger partial charge in [-0.05, 0) is 74.1 Å². The average molecular weight is 758 g/mol. The van der Waals surface area contributed by atoms with Crippen LogP contribution in [0.2, 0.25) is 5.02 Å². The van der Waals surface area contributed by atoms with Gasteiger partial charge < -0.3 is 39.6 Å². The molecule has 3 heterocycles. The van der Waals surface area contributed by atoms with E-state index in [0.717, 1.165) is 22.0 Å². The van der Waals surface area contributed by atoms with E-state index in [4.69, 9.17) is 25.8 Å². The van der Waals surface area contributed by atoms with Crippen LogP contribution in [0.15, 0.2) is 72.9 Å². The fraction of sp³-hybridized carbons (Fsp3) is 0.415. The molecule has 2 fully saturated rings. The van der Waals surface area contributed by atoms with Gasteiger partial charge in [-0.3, -0.25) is 19.2 Å². The summed E-state index contributed by atoms with van der Waals surface area (Å²) in [6, 6.07) is 19.2. The maximum atomic E-state index is 14.4. The number of amides is 4. The van der Waals surface area contributed by atoms with E-state index in [1.165, 1.54) is 14.2 Å². The van der Waals surface area contributed by atoms with Crippen LogP contribution in [0.3, 0.4) is 0 Å². The second kappa shape index (κ2) is 16.9. The second-order valence-electron chi connectivity index (χ2n) is 14.4. The van der Waals surface area contributed by atoms with Crippen LogP contribution < -0.4 is 20.1 Å². The summed E-state index contributed by atoms with van der Waals surface area (Å²) in [5.74, 6) is -1.27. The number of nitrogens with zero attached hydrogens (tertiary/aromatic N) is 2. The molecule has 0 bridgehead atoms. The number of H-pyrrole nitrogens is 1. The van der Waals surface area contributed by atoms with Crippen LogP contribution in [-0.4, -0.2) is 97.0 Å². The number of nitrogens with one attached hydrogen (secondary N) is 3. The summed E-state index contributed by atoms with van der Waals surface area (Å²) in [4.78, 5) is 62.2. The summed E-state index contributed by atoms with van der Waals surface area (Å²) in [5, 5.41) is 7.10. The number of likely N-dealkylation sites (N-methyl/N-ethyl adjacent to an activating group) is 1. The molecule has 0 radical (unpaired) electrons. The van der Waals surface area contributed by atoms with Crippen molar-refractivity contribution in [2.45, 2.75) is 52.0 Å². The van der Waals surface area contributed by atoms with Crippen molar-refractivity contribution < 1.29 is 33.4 Å². The van der Waals surface area contributed by atoms with Crippen molar-refractivity contribution in [3.05, 3.63) is 94.6 Å². The third-order valence-electron chi connectivity index (χ3n) is 10.4. The maximum absolute atomic E-state index is 14.4. The van der Waals surface area contributed by atoms with Crippen molar-refractivity contribution in [2.75, 3.05) is 40.3 Å². The lowest BCUT2D eigenvalue weighted by Crippen LogP contribution is -2.58. The Kier molecular flexibility index (Phi) is 12.1. The summed E-state index contributed by atoms with van der Waals surface area (Å²) < 4.78 is 17.5. The lowest BCUT2D eigenvalue weighted by Gasteiger charge is -2.40. The third kappa shape index (κ3) is 8.66. The van der Waals surface area contributed by atoms with Crippen molar-refractivity contribution in [1.82, 2.24) is 25.4 Å². The number of carbonyl (C=O) groups excluding carboxylic acids is 4. The predicted octanol–water partition coefficient (Wildman–Crippen LogP) is 4.84. The number of hydrogen-bond donors (Lipinski definition) is 3. The minimum atomic E-state index is -0.994. The Morgan fingerprint density at radius 2 is 1.69 bits per heavy atom. The van der Waals surface area contributed by atoms with E-state index >= 15 is 0 Å². The fourth-order valence-electron chi connectivity index (χ4n) is 7.55. The molecular weight excluding hydrogens is 710 g/mol. The molecule has 3 aromatic carbocycles. The Balaban J connectivity index is 1.24. The molecule has 0 aliphatic carbocycles. The molecule has 2 saturated heterocycles. The van der Waals surface area contributed by atoms with Crippen molar-refractivity contribution in [2.24, 2.45) is 17.8 Å². The number of aromatic amines is 1. The van der Waals surface area contributed by atoms with Crippen LogP contribution in [0.1, 0.15) is 42.3 Å². The topological polar surface area (TPSA) is 142 Å². The normalized spacial score (nSPS) is 19.3. The average Bonchev–Trinajstić information content (AvgIpc) is 3.79. The monoisotopic (exact) mass is 757 g/mol. The summed E-state index contributed by atoms with van der Waals surface area (Å²) in [6.07, 6.45) is 1.18. The lowest BCUT2D eigenvalue weighted by molar-refractivity contribution is -0.141. The van der Waals surface area contributed by atoms with Gasteiger partial charge in [-0.2, -0.15) is 0 Å². The van der Waals surface area contributed by atoms with E-state index in [0.29, 0.717) is 41.7 Å². The molecule has 2 aliphatic heterocycles. The first-order valence-corrected chi connectivity index (χ1v) is 18.7. The van der Waals surface area contributed by atoms with Gasteiger partial charge in [0.1, 0.15) is 6.04 Å². The number of likely N-dealkylation sites (tertiary alicyclic amines) is 2. The number of carbonyl (C=O) groups is 4. The lowest BCUT2D eigenvalue weighted by atomic mass is 9.79. The molecule has 12 nitrogen and oxygen atoms in total. The zero-order chi connectivity index (χ0) is 38.5. The van der Waals surface area contributed by atoms with Gasteiger partial charge in [-0.25, -0.2) is 0 Å². The van der Waals surface area contributed by atoms with Gasteiger partial charge in [0, 0.05) is 60.9 Å². The van der Waals surface area contributed by atoms with E-state index in [9.17, 15) is 19.2 Å². The molecular formula is C41H48ClN5O7. The quantitative estimate of drug-likeness (QED) is 0.177. The molecule has 0 spiro atoms. The molecule has 2 aliphatic rings. The maximum Gasteiger partial charge on any atom is 0.254 e. The van der Waals surface area contributed by atoms with Crippen molar-refractivity contribution in [3.63, 3.8) is 0 Å². The highest BCUT2D eigenvalue weighted by atomic mass is 35.5. The Morgan fingerprint density at radius 1 is 0.926 bits per heavy atom. The first kappa shape index (κ1) is 38.6. The highest BCUT2D eigenvalue weighted by Crippen LogP contribution is 2.38. The van der Waals surface area contributed by atoms with Crippen LogP contribution in [-0.2, 0) is 32.1 Å². The first-order chi connectivity index (χ1) is 25.9. The van der Waals surface area contributed by atoms with Crippen LogP contribution in [0.4, 0.5) is 0 Å². The van der Waals surface area contributed by atoms with E-state index in [1.807, 2.05) is 62.5 Å². The third-order valence-corrected chi connectivity index (χ3v) is 10.6. The molecule has 13 heteroatoms. The van der Waals surface area contributed by atoms with Crippen molar-refractivity contribution >= 4 is 46.1 Å². The Bertz CT molecular complexity index is 1980. The van der Waals surface area contributed by atoms with E-state index < -0.39 is 24.0 Å². The van der Waals surface area contributed by atoms with Crippen LogP contribution >= 0.6 is 11.6 Å². The SMILES string of the molecule is CNC(=O)[C@H](NC(=O)C1CN(C(=O)Cc2c[nH]c3cc(Cl)ccc23)CC2CN(C(=O)c3ccc(OC(C)C)c(OC)c3)CC21)[C@H](C)OCc1ccccc1. The zero-order valence-electron chi connectivity index (χ0n) is 31.3. The molecule has 6 rings (SSSR count). The number of aromatic nitrogens is 1. The number of fused-ring (bicyclic) bond motifs is 2. The molecule has 286 valence electrons. The fourth-order valence-corrected chi connectivity index (χ4v) is 7.72. The zero-order valence-corrected chi connectivity index (χ0v) is 32.0. The predicted molar refractivity (Wildman–Crippen MR) is 205 cm³/mol. The molecule has 4 amide bonds. The van der Waals surface area contributed by atoms with Gasteiger partial charge in [-0.1, -0.05) is 48.0 Å². The molecule has 1 aromatic heterocycles. The van der Waals surface area contributed by atoms with Gasteiger partial charge in [0.25, 0.3) is 5.91 Å². The smallest absolute Gasteiger partial charge is 0.254 e. The number of benzene rings is 3. The molecule has 4 aromatic rings. The summed E-state index contributed by atoms with van der Waals surface area (Å²) in [5.41, 5.74) is 3.01. The van der Waals surface area contributed by atoms with Gasteiger partial charge in [0.05, 0.1) is 38.3 Å². The van der Waals surface area contributed by atoms with E-state index in [1.54, 1.807) is 41.0 Å². The number of hydrogen-bond acceptors (Lipinski definition) is 7. The van der Waals surface area contributed by atoms with Crippen molar-refractivity contribution in [1.29, 1.82) is 0 Å². The minimum absolute atomic E-state index is 0.0771. The van der Waals surface area contributed by atoms with Gasteiger partial charge in [0.2, 0.25) is 17.7 Å². The standard InChI is InChI=1S/C41H48ClN5O7/c1-24(2)54-35-14-11-27(15-36(35)52-5)41(51)47-20-29-19-46(37(48)16-28-18-44-34-17-30(42)12-13-31(28)34)22-33(32(29)21-47)39(49)45-38(40(50)43-4)25(3)53-23-26-9-7-6-8-10-26/h6-15,17-18,24-25,29,32-33,38,44H,16,19-23H2,1-5H3,(H,43,50)(H,45,49)/t25-,29?,32?,33?,38+/m0/s1. The Morgan fingerprint density at radius 3 is 2.41 bits per heavy atom. The van der Waals surface area contributed by atoms with Crippen molar-refractivity contribution in [3.8, 4) is 11.5 Å². The first-order valence-electron chi connectivity index (χ1n) is 18.3. The van der Waals surface area contributed by atoms with Crippen LogP contribution in [0.5, 0.6) is 11.5 Å². The number of halogens is 1. The highest BCUT2D eigenvalue weighted by Gasteiger charge is 2.48. The van der Waals surface area contributed by atoms with Crippen LogP contribution in [0, 0.1) is 17.8 Å². The minimum Gasteiger partial charge on any atom is -0.493 e. The van der Waals surface area contributed by atoms with Gasteiger partial charge in [-0.15, -0.1) is 0 Å². The molecule has 5 atom stereocenters. The molecule has 0 saturated carbocycles. The van der Waals surface area contributed by atoms with E-state index in [-0.39, 0.29) is 55.2 Å². The number of piperidine rings is 1. The Labute approximate surface area is 320 Å². The molecule has 3 N–H and O–H groups in total.